The second kappa shape index (κ2) is 6.53. The minimum atomic E-state index is -0.438. The van der Waals surface area contributed by atoms with E-state index < -0.39 is 4.92 Å². The Bertz CT molecular complexity index is 1120. The highest BCUT2D eigenvalue weighted by molar-refractivity contribution is 5.84. The zero-order valence-electron chi connectivity index (χ0n) is 14.3. The number of nitro groups is 1. The highest BCUT2D eigenvalue weighted by Crippen LogP contribution is 2.40. The van der Waals surface area contributed by atoms with Crippen molar-refractivity contribution < 1.29 is 4.92 Å². The molecule has 0 fully saturated rings. The van der Waals surface area contributed by atoms with Gasteiger partial charge in [0.15, 0.2) is 0 Å². The molecule has 1 aliphatic carbocycles. The normalized spacial score (nSPS) is 15.7. The molecule has 0 amide bonds. The Balaban J connectivity index is 1.91. The number of hydrogen-bond donors (Lipinski definition) is 2. The van der Waals surface area contributed by atoms with E-state index in [9.17, 15) is 14.9 Å². The maximum absolute atomic E-state index is 12.6. The van der Waals surface area contributed by atoms with E-state index >= 15 is 0 Å². The number of benzene rings is 2. The number of nitro benzene ring substituents is 1. The highest BCUT2D eigenvalue weighted by atomic mass is 16.6. The van der Waals surface area contributed by atoms with Gasteiger partial charge in [0.25, 0.3) is 11.2 Å². The molecule has 7 nitrogen and oxygen atoms in total. The van der Waals surface area contributed by atoms with Gasteiger partial charge in [-0.1, -0.05) is 42.5 Å². The summed E-state index contributed by atoms with van der Waals surface area (Å²) >= 11 is 0. The summed E-state index contributed by atoms with van der Waals surface area (Å²) in [6.07, 6.45) is 2.40. The Kier molecular flexibility index (Phi) is 4.04. The van der Waals surface area contributed by atoms with Crippen molar-refractivity contribution >= 4 is 23.3 Å². The topological polar surface area (TPSA) is 115 Å². The zero-order valence-corrected chi connectivity index (χ0v) is 14.3. The van der Waals surface area contributed by atoms with E-state index in [2.05, 4.69) is 9.97 Å². The Morgan fingerprint density at radius 3 is 2.67 bits per heavy atom. The van der Waals surface area contributed by atoms with E-state index in [1.165, 1.54) is 12.1 Å². The van der Waals surface area contributed by atoms with Gasteiger partial charge in [0, 0.05) is 18.1 Å². The molecule has 0 radical (unpaired) electrons. The summed E-state index contributed by atoms with van der Waals surface area (Å²) in [6.45, 7) is 0. The summed E-state index contributed by atoms with van der Waals surface area (Å²) in [4.78, 5) is 30.2. The number of hydrogen-bond acceptors (Lipinski definition) is 5. The first-order chi connectivity index (χ1) is 13.0. The second-order valence-corrected chi connectivity index (χ2v) is 6.39. The van der Waals surface area contributed by atoms with Crippen LogP contribution >= 0.6 is 0 Å². The van der Waals surface area contributed by atoms with E-state index in [1.54, 1.807) is 12.1 Å². The standard InChI is InChI=1S/C20H16N4O3/c21-20-22-17-11-14(12-5-2-1-3-6-12)10-16(18(17)19(25)23-20)13-7-4-8-15(9-13)24(26)27/h1-9,11,16H,10H2,(H3,21,22,23,25). The third kappa shape index (κ3) is 3.10. The Hall–Kier alpha value is -3.74. The molecule has 3 N–H and O–H groups in total. The molecule has 0 spiro atoms. The molecule has 0 aliphatic heterocycles. The van der Waals surface area contributed by atoms with Crippen LogP contribution in [-0.4, -0.2) is 14.9 Å². The molecule has 27 heavy (non-hydrogen) atoms. The van der Waals surface area contributed by atoms with Crippen molar-refractivity contribution in [2.75, 3.05) is 5.73 Å². The number of aromatic nitrogens is 2. The third-order valence-corrected chi connectivity index (χ3v) is 4.71. The number of aromatic amines is 1. The van der Waals surface area contributed by atoms with Crippen LogP contribution in [0.25, 0.3) is 11.6 Å². The van der Waals surface area contributed by atoms with Gasteiger partial charge in [-0.2, -0.15) is 0 Å². The van der Waals surface area contributed by atoms with Crippen LogP contribution in [0.5, 0.6) is 0 Å². The van der Waals surface area contributed by atoms with Gasteiger partial charge in [-0.3, -0.25) is 19.9 Å². The van der Waals surface area contributed by atoms with Gasteiger partial charge < -0.3 is 5.73 Å². The number of non-ortho nitro benzene ring substituents is 1. The molecule has 4 rings (SSSR count). The van der Waals surface area contributed by atoms with Crippen LogP contribution in [0.3, 0.4) is 0 Å². The van der Waals surface area contributed by atoms with Crippen molar-refractivity contribution in [2.24, 2.45) is 0 Å². The summed E-state index contributed by atoms with van der Waals surface area (Å²) in [5, 5.41) is 11.2. The number of H-pyrrole nitrogens is 1. The molecule has 2 aromatic carbocycles. The van der Waals surface area contributed by atoms with Crippen LogP contribution < -0.4 is 11.3 Å². The first kappa shape index (κ1) is 16.7. The van der Waals surface area contributed by atoms with Crippen molar-refractivity contribution in [1.29, 1.82) is 0 Å². The molecule has 0 bridgehead atoms. The van der Waals surface area contributed by atoms with E-state index in [0.717, 1.165) is 11.1 Å². The third-order valence-electron chi connectivity index (χ3n) is 4.71. The van der Waals surface area contributed by atoms with Crippen molar-refractivity contribution in [1.82, 2.24) is 9.97 Å². The Morgan fingerprint density at radius 1 is 1.15 bits per heavy atom. The van der Waals surface area contributed by atoms with E-state index in [-0.39, 0.29) is 23.1 Å². The van der Waals surface area contributed by atoms with Gasteiger partial charge in [-0.05, 0) is 29.2 Å². The number of nitrogens with one attached hydrogen (secondary N) is 1. The summed E-state index contributed by atoms with van der Waals surface area (Å²) in [6, 6.07) is 16.2. The number of rotatable bonds is 3. The van der Waals surface area contributed by atoms with Gasteiger partial charge in [0.2, 0.25) is 5.95 Å². The van der Waals surface area contributed by atoms with Gasteiger partial charge in [-0.25, -0.2) is 4.98 Å². The molecule has 7 heteroatoms. The maximum Gasteiger partial charge on any atom is 0.269 e. The van der Waals surface area contributed by atoms with Crippen LogP contribution in [0.4, 0.5) is 11.6 Å². The molecule has 1 aromatic heterocycles. The monoisotopic (exact) mass is 360 g/mol. The van der Waals surface area contributed by atoms with Gasteiger partial charge >= 0.3 is 0 Å². The smallest absolute Gasteiger partial charge is 0.269 e. The van der Waals surface area contributed by atoms with Crippen molar-refractivity contribution in [2.45, 2.75) is 12.3 Å². The second-order valence-electron chi connectivity index (χ2n) is 6.39. The van der Waals surface area contributed by atoms with Gasteiger partial charge in [-0.15, -0.1) is 0 Å². The summed E-state index contributed by atoms with van der Waals surface area (Å²) < 4.78 is 0. The lowest BCUT2D eigenvalue weighted by atomic mass is 9.79. The zero-order chi connectivity index (χ0) is 19.0. The SMILES string of the molecule is Nc1nc2c(c(=O)[nH]1)C(c1cccc([N+](=O)[O-])c1)CC(c1ccccc1)=C2. The number of fused-ring (bicyclic) bond motifs is 1. The first-order valence-electron chi connectivity index (χ1n) is 8.43. The fourth-order valence-electron chi connectivity index (χ4n) is 3.50. The Labute approximate surface area is 154 Å². The quantitative estimate of drug-likeness (QED) is 0.549. The predicted molar refractivity (Wildman–Crippen MR) is 103 cm³/mol. The lowest BCUT2D eigenvalue weighted by Gasteiger charge is -2.25. The number of nitrogens with two attached hydrogens (primary N) is 1. The number of allylic oxidation sites excluding steroid dienone is 1. The molecule has 0 saturated carbocycles. The number of nitrogens with zero attached hydrogens (tertiary/aromatic N) is 2. The van der Waals surface area contributed by atoms with Crippen LogP contribution in [-0.2, 0) is 0 Å². The molecule has 3 aromatic rings. The molecule has 1 aliphatic rings. The van der Waals surface area contributed by atoms with E-state index in [0.29, 0.717) is 23.2 Å². The average Bonchev–Trinajstić information content (AvgIpc) is 2.67. The maximum atomic E-state index is 12.6. The van der Waals surface area contributed by atoms with E-state index in [1.807, 2.05) is 36.4 Å². The molecule has 1 unspecified atom stereocenters. The van der Waals surface area contributed by atoms with Crippen LogP contribution in [0.2, 0.25) is 0 Å². The van der Waals surface area contributed by atoms with Gasteiger partial charge in [0.05, 0.1) is 16.2 Å². The Morgan fingerprint density at radius 2 is 1.93 bits per heavy atom. The van der Waals surface area contributed by atoms with Crippen LogP contribution in [0.1, 0.15) is 34.7 Å². The molecular weight excluding hydrogens is 344 g/mol. The molecule has 1 atom stereocenters. The van der Waals surface area contributed by atoms with Crippen molar-refractivity contribution in [3.63, 3.8) is 0 Å². The van der Waals surface area contributed by atoms with Crippen molar-refractivity contribution in [3.8, 4) is 0 Å². The number of anilines is 1. The first-order valence-corrected chi connectivity index (χ1v) is 8.43. The average molecular weight is 360 g/mol. The molecular formula is C20H16N4O3. The lowest BCUT2D eigenvalue weighted by Crippen LogP contribution is -2.24. The predicted octanol–water partition coefficient (Wildman–Crippen LogP) is 3.34. The fraction of sp³-hybridized carbons (Fsp3) is 0.100. The molecule has 1 heterocycles. The summed E-state index contributed by atoms with van der Waals surface area (Å²) in [7, 11) is 0. The molecule has 134 valence electrons. The summed E-state index contributed by atoms with van der Waals surface area (Å²) in [5.41, 5.74) is 9.08. The van der Waals surface area contributed by atoms with Gasteiger partial charge in [0.1, 0.15) is 0 Å². The number of nitrogen functional groups attached to an aromatic ring is 1. The summed E-state index contributed by atoms with van der Waals surface area (Å²) in [5.74, 6) is -0.306. The van der Waals surface area contributed by atoms with Crippen molar-refractivity contribution in [3.05, 3.63) is 97.4 Å². The minimum Gasteiger partial charge on any atom is -0.369 e. The van der Waals surface area contributed by atoms with Crippen LogP contribution in [0, 0.1) is 10.1 Å². The largest absolute Gasteiger partial charge is 0.369 e. The molecule has 0 saturated heterocycles. The highest BCUT2D eigenvalue weighted by Gasteiger charge is 2.28. The lowest BCUT2D eigenvalue weighted by molar-refractivity contribution is -0.384. The van der Waals surface area contributed by atoms with E-state index in [4.69, 9.17) is 5.73 Å². The fourth-order valence-corrected chi connectivity index (χ4v) is 3.50. The van der Waals surface area contributed by atoms with Crippen LogP contribution in [0.15, 0.2) is 59.4 Å². The minimum absolute atomic E-state index is 0.00954.